The first-order chi connectivity index (χ1) is 5.57. The fraction of sp³-hybridized carbons (Fsp3) is 0.818. The van der Waals surface area contributed by atoms with Gasteiger partial charge in [-0.3, -0.25) is 0 Å². The van der Waals surface area contributed by atoms with Crippen molar-refractivity contribution in [1.82, 2.24) is 4.90 Å². The minimum Gasteiger partial charge on any atom is -0.378 e. The number of nitrogens with zero attached hydrogens (tertiary/aromatic N) is 1. The normalized spacial score (nSPS) is 10.8. The molecule has 0 saturated carbocycles. The Balaban J connectivity index is 0. The van der Waals surface area contributed by atoms with Gasteiger partial charge in [0.15, 0.2) is 0 Å². The molecule has 0 heterocycles. The van der Waals surface area contributed by atoms with Crippen molar-refractivity contribution in [3.63, 3.8) is 0 Å². The first-order valence-electron chi connectivity index (χ1n) is 4.92. The molecule has 0 unspecified atom stereocenters. The molecule has 0 aromatic carbocycles. The van der Waals surface area contributed by atoms with Gasteiger partial charge >= 0.3 is 0 Å². The average Bonchev–Trinajstić information content (AvgIpc) is 2.05. The van der Waals surface area contributed by atoms with Crippen molar-refractivity contribution in [2.45, 2.75) is 41.5 Å². The van der Waals surface area contributed by atoms with Crippen LogP contribution in [0.25, 0.3) is 0 Å². The van der Waals surface area contributed by atoms with Gasteiger partial charge in [0.1, 0.15) is 0 Å². The topological polar surface area (TPSA) is 3.24 Å². The highest BCUT2D eigenvalue weighted by atomic mass is 15.1. The molecule has 1 nitrogen and oxygen atoms in total. The van der Waals surface area contributed by atoms with Crippen LogP contribution in [-0.2, 0) is 0 Å². The number of hydrogen-bond acceptors (Lipinski definition) is 1. The second-order valence-corrected chi connectivity index (χ2v) is 3.20. The van der Waals surface area contributed by atoms with Crippen molar-refractivity contribution in [3.8, 4) is 0 Å². The Kier molecular flexibility index (Phi) is 10.1. The van der Waals surface area contributed by atoms with E-state index in [2.05, 4.69) is 45.7 Å². The average molecular weight is 171 g/mol. The van der Waals surface area contributed by atoms with Crippen LogP contribution < -0.4 is 0 Å². The van der Waals surface area contributed by atoms with E-state index < -0.39 is 0 Å². The van der Waals surface area contributed by atoms with E-state index in [0.29, 0.717) is 0 Å². The minimum absolute atomic E-state index is 0.750. The Morgan fingerprint density at radius 1 is 1.33 bits per heavy atom. The third-order valence-corrected chi connectivity index (χ3v) is 1.66. The van der Waals surface area contributed by atoms with Gasteiger partial charge in [-0.25, -0.2) is 0 Å². The second-order valence-electron chi connectivity index (χ2n) is 3.20. The largest absolute Gasteiger partial charge is 0.378 e. The van der Waals surface area contributed by atoms with E-state index in [1.54, 1.807) is 0 Å². The smallest absolute Gasteiger partial charge is 0.0194 e. The molecule has 0 aromatic heterocycles. The molecule has 0 bridgehead atoms. The molecule has 0 atom stereocenters. The van der Waals surface area contributed by atoms with E-state index in [4.69, 9.17) is 0 Å². The summed E-state index contributed by atoms with van der Waals surface area (Å²) in [6.07, 6.45) is 2.14. The van der Waals surface area contributed by atoms with E-state index in [-0.39, 0.29) is 0 Å². The Hall–Kier alpha value is -0.460. The van der Waals surface area contributed by atoms with Crippen LogP contribution in [0, 0.1) is 5.92 Å². The van der Waals surface area contributed by atoms with Crippen LogP contribution in [0.2, 0.25) is 0 Å². The van der Waals surface area contributed by atoms with Gasteiger partial charge < -0.3 is 4.90 Å². The van der Waals surface area contributed by atoms with E-state index in [0.717, 1.165) is 12.5 Å². The second kappa shape index (κ2) is 8.63. The summed E-state index contributed by atoms with van der Waals surface area (Å²) in [6.45, 7) is 13.8. The van der Waals surface area contributed by atoms with Crippen LogP contribution in [-0.4, -0.2) is 18.5 Å². The monoisotopic (exact) mass is 171 g/mol. The molecule has 0 aliphatic carbocycles. The van der Waals surface area contributed by atoms with Gasteiger partial charge in [-0.15, -0.1) is 0 Å². The SMILES string of the molecule is C/C=C(/C)N(C)CC(C)C.CC. The Bertz CT molecular complexity index is 114. The number of allylic oxidation sites excluding steroid dienone is 2. The Morgan fingerprint density at radius 3 is 2.00 bits per heavy atom. The molecule has 12 heavy (non-hydrogen) atoms. The minimum atomic E-state index is 0.750. The summed E-state index contributed by atoms with van der Waals surface area (Å²) in [7, 11) is 2.13. The van der Waals surface area contributed by atoms with Crippen molar-refractivity contribution in [1.29, 1.82) is 0 Å². The third-order valence-electron chi connectivity index (χ3n) is 1.66. The molecule has 0 spiro atoms. The van der Waals surface area contributed by atoms with Crippen LogP contribution in [0.4, 0.5) is 0 Å². The molecular formula is C11H25N. The standard InChI is InChI=1S/C9H19N.C2H6/c1-6-9(4)10(5)7-8(2)3;1-2/h6,8H,7H2,1-5H3;1-2H3/b9-6-;. The van der Waals surface area contributed by atoms with Crippen molar-refractivity contribution in [3.05, 3.63) is 11.8 Å². The lowest BCUT2D eigenvalue weighted by atomic mass is 10.2. The lowest BCUT2D eigenvalue weighted by molar-refractivity contribution is 0.362. The van der Waals surface area contributed by atoms with E-state index in [1.165, 1.54) is 5.70 Å². The van der Waals surface area contributed by atoms with Gasteiger partial charge in [-0.1, -0.05) is 33.8 Å². The zero-order valence-corrected chi connectivity index (χ0v) is 9.81. The molecule has 0 radical (unpaired) electrons. The van der Waals surface area contributed by atoms with E-state index >= 15 is 0 Å². The molecule has 0 N–H and O–H groups in total. The summed E-state index contributed by atoms with van der Waals surface area (Å²) in [5, 5.41) is 0. The maximum absolute atomic E-state index is 2.28. The quantitative estimate of drug-likeness (QED) is 0.628. The fourth-order valence-electron chi connectivity index (χ4n) is 0.912. The predicted molar refractivity (Wildman–Crippen MR) is 58.2 cm³/mol. The molecule has 0 aliphatic heterocycles. The molecule has 0 aromatic rings. The maximum Gasteiger partial charge on any atom is 0.0194 e. The van der Waals surface area contributed by atoms with Gasteiger partial charge in [0.25, 0.3) is 0 Å². The van der Waals surface area contributed by atoms with Crippen LogP contribution in [0.5, 0.6) is 0 Å². The van der Waals surface area contributed by atoms with Crippen LogP contribution >= 0.6 is 0 Å². The molecular weight excluding hydrogens is 146 g/mol. The molecule has 0 aliphatic rings. The summed E-state index contributed by atoms with van der Waals surface area (Å²) in [5.41, 5.74) is 1.36. The first kappa shape index (κ1) is 14.1. The lowest BCUT2D eigenvalue weighted by Gasteiger charge is -2.21. The van der Waals surface area contributed by atoms with Gasteiger partial charge in [0.05, 0.1) is 0 Å². The molecule has 0 amide bonds. The zero-order valence-electron chi connectivity index (χ0n) is 9.81. The van der Waals surface area contributed by atoms with Crippen molar-refractivity contribution < 1.29 is 0 Å². The molecule has 0 fully saturated rings. The predicted octanol–water partition coefficient (Wildman–Crippen LogP) is 3.52. The third kappa shape index (κ3) is 7.64. The summed E-state index contributed by atoms with van der Waals surface area (Å²) in [5.74, 6) is 0.750. The van der Waals surface area contributed by atoms with Crippen LogP contribution in [0.1, 0.15) is 41.5 Å². The summed E-state index contributed by atoms with van der Waals surface area (Å²) < 4.78 is 0. The first-order valence-corrected chi connectivity index (χ1v) is 4.92. The lowest BCUT2D eigenvalue weighted by Crippen LogP contribution is -2.20. The Morgan fingerprint density at radius 2 is 1.75 bits per heavy atom. The number of hydrogen-bond donors (Lipinski definition) is 0. The summed E-state index contributed by atoms with van der Waals surface area (Å²) in [6, 6.07) is 0. The molecule has 74 valence electrons. The van der Waals surface area contributed by atoms with Crippen LogP contribution in [0.15, 0.2) is 11.8 Å². The van der Waals surface area contributed by atoms with Crippen molar-refractivity contribution in [2.24, 2.45) is 5.92 Å². The van der Waals surface area contributed by atoms with Gasteiger partial charge in [-0.2, -0.15) is 0 Å². The van der Waals surface area contributed by atoms with Crippen molar-refractivity contribution in [2.75, 3.05) is 13.6 Å². The molecule has 0 saturated heterocycles. The highest BCUT2D eigenvalue weighted by Gasteiger charge is 1.99. The van der Waals surface area contributed by atoms with Gasteiger partial charge in [0.2, 0.25) is 0 Å². The molecule has 0 rings (SSSR count). The van der Waals surface area contributed by atoms with E-state index in [9.17, 15) is 0 Å². The zero-order chi connectivity index (χ0) is 10.1. The summed E-state index contributed by atoms with van der Waals surface area (Å²) >= 11 is 0. The Labute approximate surface area is 78.5 Å². The highest BCUT2D eigenvalue weighted by Crippen LogP contribution is 2.03. The highest BCUT2D eigenvalue weighted by molar-refractivity contribution is 4.93. The summed E-state index contributed by atoms with van der Waals surface area (Å²) in [4.78, 5) is 2.28. The van der Waals surface area contributed by atoms with Gasteiger partial charge in [-0.05, 0) is 19.8 Å². The van der Waals surface area contributed by atoms with Gasteiger partial charge in [0, 0.05) is 19.3 Å². The fourth-order valence-corrected chi connectivity index (χ4v) is 0.912. The number of rotatable bonds is 3. The van der Waals surface area contributed by atoms with E-state index in [1.807, 2.05) is 13.8 Å². The van der Waals surface area contributed by atoms with Crippen molar-refractivity contribution >= 4 is 0 Å². The van der Waals surface area contributed by atoms with Crippen LogP contribution in [0.3, 0.4) is 0 Å². The maximum atomic E-state index is 2.28. The molecule has 1 heteroatoms.